The van der Waals surface area contributed by atoms with Crippen molar-refractivity contribution >= 4 is 44.8 Å². The molecule has 5 rings (SSSR count). The first kappa shape index (κ1) is 21.9. The van der Waals surface area contributed by atoms with E-state index in [4.69, 9.17) is 9.72 Å². The van der Waals surface area contributed by atoms with Gasteiger partial charge in [-0.15, -0.1) is 11.3 Å². The van der Waals surface area contributed by atoms with Gasteiger partial charge in [0, 0.05) is 36.7 Å². The number of aromatic amines is 1. The molecule has 172 valence electrons. The lowest BCUT2D eigenvalue weighted by Crippen LogP contribution is -2.36. The van der Waals surface area contributed by atoms with Gasteiger partial charge >= 0.3 is 0 Å². The van der Waals surface area contributed by atoms with Gasteiger partial charge in [0.05, 0.1) is 24.2 Å². The van der Waals surface area contributed by atoms with Crippen LogP contribution in [-0.2, 0) is 9.53 Å². The zero-order valence-corrected chi connectivity index (χ0v) is 19.8. The smallest absolute Gasteiger partial charge is 0.260 e. The van der Waals surface area contributed by atoms with Gasteiger partial charge in [0.25, 0.3) is 11.5 Å². The van der Waals surface area contributed by atoms with Crippen LogP contribution in [0.3, 0.4) is 0 Å². The lowest BCUT2D eigenvalue weighted by Gasteiger charge is -2.28. The Labute approximate surface area is 196 Å². The predicted octanol–water partition coefficient (Wildman–Crippen LogP) is 3.60. The zero-order chi connectivity index (χ0) is 22.9. The fourth-order valence-corrected chi connectivity index (χ4v) is 5.50. The van der Waals surface area contributed by atoms with Crippen LogP contribution in [0, 0.1) is 13.8 Å². The predicted molar refractivity (Wildman–Crippen MR) is 133 cm³/mol. The quantitative estimate of drug-likeness (QED) is 0.597. The summed E-state index contributed by atoms with van der Waals surface area (Å²) >= 11 is 1.49. The first-order valence-corrected chi connectivity index (χ1v) is 12.3. The number of anilines is 1. The number of nitrogens with zero attached hydrogens (tertiary/aromatic N) is 3. The third-order valence-corrected chi connectivity index (χ3v) is 7.60. The normalized spacial score (nSPS) is 17.2. The van der Waals surface area contributed by atoms with E-state index in [1.54, 1.807) is 0 Å². The number of nitrogens with one attached hydrogen (secondary N) is 1. The van der Waals surface area contributed by atoms with Crippen molar-refractivity contribution in [3.8, 4) is 0 Å². The van der Waals surface area contributed by atoms with Crippen molar-refractivity contribution in [1.29, 1.82) is 0 Å². The lowest BCUT2D eigenvalue weighted by atomic mass is 10.1. The van der Waals surface area contributed by atoms with E-state index in [9.17, 15) is 9.59 Å². The molecule has 8 heteroatoms. The molecule has 7 nitrogen and oxygen atoms in total. The molecule has 2 aliphatic heterocycles. The maximum atomic E-state index is 13.5. The van der Waals surface area contributed by atoms with Crippen molar-refractivity contribution in [3.63, 3.8) is 0 Å². The van der Waals surface area contributed by atoms with E-state index in [1.165, 1.54) is 11.3 Å². The van der Waals surface area contributed by atoms with Gasteiger partial charge in [0.1, 0.15) is 10.7 Å². The highest BCUT2D eigenvalue weighted by atomic mass is 32.1. The molecule has 0 unspecified atom stereocenters. The number of aromatic nitrogens is 2. The molecule has 2 fully saturated rings. The van der Waals surface area contributed by atoms with E-state index >= 15 is 0 Å². The second-order valence-electron chi connectivity index (χ2n) is 8.63. The number of H-pyrrole nitrogens is 1. The molecule has 0 spiro atoms. The summed E-state index contributed by atoms with van der Waals surface area (Å²) in [6.45, 7) is 8.61. The molecular formula is C25H28N4O3S. The van der Waals surface area contributed by atoms with Crippen LogP contribution in [0.1, 0.15) is 34.7 Å². The minimum Gasteiger partial charge on any atom is -0.378 e. The molecule has 0 atom stereocenters. The van der Waals surface area contributed by atoms with Crippen LogP contribution in [-0.4, -0.2) is 60.2 Å². The van der Waals surface area contributed by atoms with Gasteiger partial charge in [-0.1, -0.05) is 12.1 Å². The second-order valence-corrected chi connectivity index (χ2v) is 9.83. The molecule has 1 aromatic carbocycles. The number of benzene rings is 1. The topological polar surface area (TPSA) is 78.5 Å². The molecule has 2 aliphatic rings. The molecular weight excluding hydrogens is 436 g/mol. The Hall–Kier alpha value is -2.97. The van der Waals surface area contributed by atoms with Crippen LogP contribution < -0.4 is 10.5 Å². The summed E-state index contributed by atoms with van der Waals surface area (Å²) in [4.78, 5) is 39.9. The highest BCUT2D eigenvalue weighted by Crippen LogP contribution is 2.28. The highest BCUT2D eigenvalue weighted by molar-refractivity contribution is 7.18. The summed E-state index contributed by atoms with van der Waals surface area (Å²) in [5.74, 6) is 0.250. The number of hydrogen-bond acceptors (Lipinski definition) is 6. The Kier molecular flexibility index (Phi) is 6.03. The Morgan fingerprint density at radius 3 is 2.48 bits per heavy atom. The van der Waals surface area contributed by atoms with Crippen LogP contribution in [0.15, 0.2) is 29.1 Å². The van der Waals surface area contributed by atoms with Crippen LogP contribution in [0.4, 0.5) is 5.69 Å². The third-order valence-electron chi connectivity index (χ3n) is 6.50. The monoisotopic (exact) mass is 464 g/mol. The Morgan fingerprint density at radius 2 is 1.79 bits per heavy atom. The molecule has 1 N–H and O–H groups in total. The van der Waals surface area contributed by atoms with E-state index in [-0.39, 0.29) is 11.5 Å². The van der Waals surface area contributed by atoms with Crippen molar-refractivity contribution in [3.05, 3.63) is 56.4 Å². The number of morpholine rings is 1. The summed E-state index contributed by atoms with van der Waals surface area (Å²) in [5, 5.41) is 0.615. The molecule has 0 bridgehead atoms. The first-order valence-electron chi connectivity index (χ1n) is 11.5. The number of aryl methyl sites for hydroxylation is 2. The summed E-state index contributed by atoms with van der Waals surface area (Å²) < 4.78 is 5.44. The van der Waals surface area contributed by atoms with Gasteiger partial charge in [-0.2, -0.15) is 0 Å². The number of carbonyl (C=O) groups excluding carboxylic acids is 1. The maximum Gasteiger partial charge on any atom is 0.260 e. The molecule has 33 heavy (non-hydrogen) atoms. The van der Waals surface area contributed by atoms with Crippen molar-refractivity contribution in [2.24, 2.45) is 0 Å². The van der Waals surface area contributed by atoms with Crippen LogP contribution in [0.25, 0.3) is 21.9 Å². The fourth-order valence-electron chi connectivity index (χ4n) is 4.47. The van der Waals surface area contributed by atoms with E-state index in [1.807, 2.05) is 37.0 Å². The number of fused-ring (bicyclic) bond motifs is 1. The van der Waals surface area contributed by atoms with Crippen molar-refractivity contribution in [2.45, 2.75) is 26.7 Å². The molecule has 2 saturated heterocycles. The molecule has 4 heterocycles. The fraction of sp³-hybridized carbons (Fsp3) is 0.400. The SMILES string of the molecule is Cc1sc2nc(C(=Cc3ccc(N4CCOCC4)cc3)C(=O)N3CCCC3)[nH]c(=O)c2c1C. The molecule has 2 aromatic heterocycles. The van der Waals surface area contributed by atoms with E-state index < -0.39 is 0 Å². The van der Waals surface area contributed by atoms with E-state index in [2.05, 4.69) is 22.0 Å². The van der Waals surface area contributed by atoms with Crippen LogP contribution in [0.5, 0.6) is 0 Å². The van der Waals surface area contributed by atoms with Crippen molar-refractivity contribution < 1.29 is 9.53 Å². The third kappa shape index (κ3) is 4.32. The number of hydrogen-bond donors (Lipinski definition) is 1. The molecule has 0 radical (unpaired) electrons. The Bertz CT molecular complexity index is 1260. The number of ether oxygens (including phenoxy) is 1. The Balaban J connectivity index is 1.55. The summed E-state index contributed by atoms with van der Waals surface area (Å²) in [6, 6.07) is 8.16. The van der Waals surface area contributed by atoms with Gasteiger partial charge in [-0.3, -0.25) is 9.59 Å². The Morgan fingerprint density at radius 1 is 1.09 bits per heavy atom. The second kappa shape index (κ2) is 9.11. The van der Waals surface area contributed by atoms with E-state index in [0.29, 0.717) is 21.6 Å². The number of rotatable bonds is 4. The van der Waals surface area contributed by atoms with Crippen LogP contribution >= 0.6 is 11.3 Å². The number of likely N-dealkylation sites (tertiary alicyclic amines) is 1. The first-order chi connectivity index (χ1) is 16.0. The maximum absolute atomic E-state index is 13.5. The van der Waals surface area contributed by atoms with Gasteiger partial charge in [-0.25, -0.2) is 4.98 Å². The summed E-state index contributed by atoms with van der Waals surface area (Å²) in [7, 11) is 0. The van der Waals surface area contributed by atoms with Crippen LogP contribution in [0.2, 0.25) is 0 Å². The highest BCUT2D eigenvalue weighted by Gasteiger charge is 2.25. The minimum atomic E-state index is -0.195. The van der Waals surface area contributed by atoms with Gasteiger partial charge in [0.15, 0.2) is 0 Å². The van der Waals surface area contributed by atoms with Gasteiger partial charge in [-0.05, 0) is 56.0 Å². The van der Waals surface area contributed by atoms with Gasteiger partial charge in [0.2, 0.25) is 0 Å². The van der Waals surface area contributed by atoms with Crippen molar-refractivity contribution in [2.75, 3.05) is 44.3 Å². The summed E-state index contributed by atoms with van der Waals surface area (Å²) in [5.41, 5.74) is 3.22. The average molecular weight is 465 g/mol. The molecule has 0 saturated carbocycles. The largest absolute Gasteiger partial charge is 0.378 e. The molecule has 1 amide bonds. The number of thiophene rings is 1. The number of carbonyl (C=O) groups is 1. The zero-order valence-electron chi connectivity index (χ0n) is 19.0. The molecule has 0 aliphatic carbocycles. The molecule has 3 aromatic rings. The van der Waals surface area contributed by atoms with Gasteiger partial charge < -0.3 is 19.5 Å². The van der Waals surface area contributed by atoms with Crippen molar-refractivity contribution in [1.82, 2.24) is 14.9 Å². The lowest BCUT2D eigenvalue weighted by molar-refractivity contribution is -0.123. The number of amides is 1. The minimum absolute atomic E-state index is 0.0859. The standard InChI is InChI=1S/C25H28N4O3S/c1-16-17(2)33-24-21(16)23(30)26-22(27-24)20(25(31)29-9-3-4-10-29)15-18-5-7-19(8-6-18)28-11-13-32-14-12-28/h5-8,15H,3-4,9-14H2,1-2H3,(H,26,27,30). The average Bonchev–Trinajstić information content (AvgIpc) is 3.47. The van der Waals surface area contributed by atoms with E-state index in [0.717, 1.165) is 73.9 Å². The summed E-state index contributed by atoms with van der Waals surface area (Å²) in [6.07, 6.45) is 3.85.